The Balaban J connectivity index is 1.44. The van der Waals surface area contributed by atoms with Gasteiger partial charge >= 0.3 is 0 Å². The van der Waals surface area contributed by atoms with E-state index in [1.165, 1.54) is 0 Å². The minimum Gasteiger partial charge on any atom is -0.454 e. The first-order valence-electron chi connectivity index (χ1n) is 10.4. The van der Waals surface area contributed by atoms with E-state index in [1.807, 2.05) is 24.3 Å². The number of carbonyl (C=O) groups is 2. The third kappa shape index (κ3) is 3.72. The van der Waals surface area contributed by atoms with Gasteiger partial charge in [0.25, 0.3) is 5.91 Å². The minimum absolute atomic E-state index is 0.0812. The number of anilines is 2. The number of hydrogen-bond acceptors (Lipinski definition) is 3. The number of hydrogen-bond donors (Lipinski definition) is 2. The summed E-state index contributed by atoms with van der Waals surface area (Å²) in [4.78, 5) is 26.3. The fraction of sp³-hybridized carbons (Fsp3) is 0.200. The quantitative estimate of drug-likeness (QED) is 0.445. The number of benzene rings is 3. The Bertz CT molecular complexity index is 1220. The fourth-order valence-corrected chi connectivity index (χ4v) is 4.81. The summed E-state index contributed by atoms with van der Waals surface area (Å²) in [6.07, 6.45) is 3.50. The number of carbonyl (C=O) groups excluding carboxylic acids is 2. The third-order valence-corrected chi connectivity index (χ3v) is 6.67. The molecule has 0 radical (unpaired) electrons. The molecular weight excluding hydrogens is 447 g/mol. The summed E-state index contributed by atoms with van der Waals surface area (Å²) in [6.45, 7) is 0. The van der Waals surface area contributed by atoms with Crippen LogP contribution in [-0.4, -0.2) is 11.8 Å². The third-order valence-electron chi connectivity index (χ3n) is 6.18. The molecule has 0 saturated heterocycles. The van der Waals surface area contributed by atoms with Crippen LogP contribution in [0.1, 0.15) is 41.6 Å². The molecule has 32 heavy (non-hydrogen) atoms. The molecule has 1 saturated carbocycles. The van der Waals surface area contributed by atoms with Crippen molar-refractivity contribution < 1.29 is 14.3 Å². The van der Waals surface area contributed by atoms with Crippen molar-refractivity contribution in [2.24, 2.45) is 0 Å². The molecule has 1 heterocycles. The van der Waals surface area contributed by atoms with Gasteiger partial charge in [-0.2, -0.15) is 0 Å². The highest BCUT2D eigenvalue weighted by Gasteiger charge is 2.42. The monoisotopic (exact) mass is 466 g/mol. The van der Waals surface area contributed by atoms with Crippen LogP contribution in [0.25, 0.3) is 0 Å². The Morgan fingerprint density at radius 2 is 1.59 bits per heavy atom. The Hall–Kier alpha value is -3.02. The van der Waals surface area contributed by atoms with Gasteiger partial charge in [-0.1, -0.05) is 48.2 Å². The van der Waals surface area contributed by atoms with Crippen molar-refractivity contribution in [3.05, 3.63) is 81.8 Å². The van der Waals surface area contributed by atoms with Gasteiger partial charge in [0.15, 0.2) is 5.75 Å². The van der Waals surface area contributed by atoms with Gasteiger partial charge in [-0.05, 0) is 66.9 Å². The zero-order valence-electron chi connectivity index (χ0n) is 17.1. The van der Waals surface area contributed by atoms with Crippen LogP contribution in [0.4, 0.5) is 11.4 Å². The first-order valence-corrected chi connectivity index (χ1v) is 11.2. The molecule has 0 atom stereocenters. The van der Waals surface area contributed by atoms with E-state index in [2.05, 4.69) is 10.6 Å². The van der Waals surface area contributed by atoms with E-state index in [1.54, 1.807) is 36.4 Å². The van der Waals surface area contributed by atoms with Gasteiger partial charge in [0, 0.05) is 15.7 Å². The topological polar surface area (TPSA) is 67.4 Å². The van der Waals surface area contributed by atoms with Crippen LogP contribution >= 0.6 is 23.2 Å². The van der Waals surface area contributed by atoms with Crippen LogP contribution in [0.3, 0.4) is 0 Å². The Morgan fingerprint density at radius 1 is 0.906 bits per heavy atom. The molecule has 1 aliphatic heterocycles. The number of rotatable bonds is 3. The van der Waals surface area contributed by atoms with Crippen LogP contribution < -0.4 is 15.4 Å². The van der Waals surface area contributed by atoms with E-state index >= 15 is 0 Å². The predicted molar refractivity (Wildman–Crippen MR) is 126 cm³/mol. The van der Waals surface area contributed by atoms with Gasteiger partial charge < -0.3 is 15.4 Å². The van der Waals surface area contributed by atoms with Crippen LogP contribution in [0.2, 0.25) is 10.0 Å². The summed E-state index contributed by atoms with van der Waals surface area (Å²) >= 11 is 12.1. The van der Waals surface area contributed by atoms with Gasteiger partial charge in [-0.3, -0.25) is 9.59 Å². The highest BCUT2D eigenvalue weighted by atomic mass is 35.5. The molecule has 3 aromatic carbocycles. The molecular formula is C25H20Cl2N2O3. The van der Waals surface area contributed by atoms with E-state index in [4.69, 9.17) is 27.9 Å². The Labute approximate surface area is 195 Å². The molecule has 3 aromatic rings. The molecule has 162 valence electrons. The molecule has 0 bridgehead atoms. The lowest BCUT2D eigenvalue weighted by Crippen LogP contribution is -2.38. The zero-order valence-corrected chi connectivity index (χ0v) is 18.6. The second-order valence-corrected chi connectivity index (χ2v) is 9.03. The number of halogens is 2. The molecule has 2 N–H and O–H groups in total. The minimum atomic E-state index is -0.608. The molecule has 5 nitrogen and oxygen atoms in total. The van der Waals surface area contributed by atoms with E-state index in [0.717, 1.165) is 31.2 Å². The van der Waals surface area contributed by atoms with Gasteiger partial charge in [0.05, 0.1) is 16.7 Å². The van der Waals surface area contributed by atoms with Crippen LogP contribution in [0.5, 0.6) is 11.5 Å². The Kier molecular flexibility index (Phi) is 5.31. The normalized spacial score (nSPS) is 16.2. The molecule has 1 fully saturated rings. The average molecular weight is 467 g/mol. The van der Waals surface area contributed by atoms with Crippen LogP contribution in [-0.2, 0) is 10.2 Å². The van der Waals surface area contributed by atoms with Gasteiger partial charge in [-0.25, -0.2) is 0 Å². The molecule has 2 aliphatic rings. The molecule has 0 unspecified atom stereocenters. The van der Waals surface area contributed by atoms with Gasteiger partial charge in [0.1, 0.15) is 5.75 Å². The maximum Gasteiger partial charge on any atom is 0.259 e. The predicted octanol–water partition coefficient (Wildman–Crippen LogP) is 6.80. The van der Waals surface area contributed by atoms with Crippen LogP contribution in [0, 0.1) is 0 Å². The van der Waals surface area contributed by atoms with Crippen LogP contribution in [0.15, 0.2) is 60.7 Å². The van der Waals surface area contributed by atoms with E-state index in [9.17, 15) is 9.59 Å². The number of fused-ring (bicyclic) bond motifs is 2. The van der Waals surface area contributed by atoms with E-state index in [0.29, 0.717) is 38.5 Å². The SMILES string of the molecule is O=C1Nc2cc(Cl)ccc2Oc2ccc(NC(=O)C3(c4ccc(Cl)cc4)CCCC3)cc21. The summed E-state index contributed by atoms with van der Waals surface area (Å²) in [5.41, 5.74) is 1.72. The average Bonchev–Trinajstić information content (AvgIpc) is 3.23. The van der Waals surface area contributed by atoms with E-state index in [-0.39, 0.29) is 11.8 Å². The van der Waals surface area contributed by atoms with Crippen molar-refractivity contribution in [1.29, 1.82) is 0 Å². The second kappa shape index (κ2) is 8.15. The van der Waals surface area contributed by atoms with Crippen molar-refractivity contribution >= 4 is 46.4 Å². The lowest BCUT2D eigenvalue weighted by molar-refractivity contribution is -0.121. The van der Waals surface area contributed by atoms with Gasteiger partial charge in [0.2, 0.25) is 5.91 Å². The highest BCUT2D eigenvalue weighted by Crippen LogP contribution is 2.43. The zero-order chi connectivity index (χ0) is 22.3. The van der Waals surface area contributed by atoms with Crippen molar-refractivity contribution in [2.45, 2.75) is 31.1 Å². The molecule has 2 amide bonds. The molecule has 0 spiro atoms. The first kappa shape index (κ1) is 20.9. The maximum absolute atomic E-state index is 13.5. The summed E-state index contributed by atoms with van der Waals surface area (Å²) in [5.74, 6) is 0.508. The standard InChI is InChI=1S/C25H20Cl2N2O3/c26-16-5-3-15(4-6-16)25(11-1-2-12-25)24(31)28-18-8-10-21-19(14-18)23(30)29-20-13-17(27)7-9-22(20)32-21/h3-10,13-14H,1-2,11-12H2,(H,28,31)(H,29,30). The molecule has 1 aliphatic carbocycles. The maximum atomic E-state index is 13.5. The summed E-state index contributed by atoms with van der Waals surface area (Å²) < 4.78 is 5.92. The summed E-state index contributed by atoms with van der Waals surface area (Å²) in [7, 11) is 0. The van der Waals surface area contributed by atoms with Crippen molar-refractivity contribution in [3.8, 4) is 11.5 Å². The highest BCUT2D eigenvalue weighted by molar-refractivity contribution is 6.31. The largest absolute Gasteiger partial charge is 0.454 e. The van der Waals surface area contributed by atoms with E-state index < -0.39 is 5.41 Å². The summed E-state index contributed by atoms with van der Waals surface area (Å²) in [6, 6.07) is 17.6. The lowest BCUT2D eigenvalue weighted by Gasteiger charge is -2.28. The number of nitrogens with one attached hydrogen (secondary N) is 2. The molecule has 5 rings (SSSR count). The van der Waals surface area contributed by atoms with Crippen molar-refractivity contribution in [2.75, 3.05) is 10.6 Å². The number of amides is 2. The molecule has 7 heteroatoms. The first-order chi connectivity index (χ1) is 15.4. The molecule has 0 aromatic heterocycles. The smallest absolute Gasteiger partial charge is 0.259 e. The second-order valence-electron chi connectivity index (χ2n) is 8.16. The van der Waals surface area contributed by atoms with Crippen molar-refractivity contribution in [3.63, 3.8) is 0 Å². The van der Waals surface area contributed by atoms with Gasteiger partial charge in [-0.15, -0.1) is 0 Å². The lowest BCUT2D eigenvalue weighted by atomic mass is 9.78. The van der Waals surface area contributed by atoms with Crippen molar-refractivity contribution in [1.82, 2.24) is 0 Å². The Morgan fingerprint density at radius 3 is 2.34 bits per heavy atom. The number of ether oxygens (including phenoxy) is 1. The summed E-state index contributed by atoms with van der Waals surface area (Å²) in [5, 5.41) is 6.99. The fourth-order valence-electron chi connectivity index (χ4n) is 4.52.